The molecule has 0 aliphatic rings. The van der Waals surface area contributed by atoms with Gasteiger partial charge in [0.05, 0.1) is 0 Å². The molecule has 0 radical (unpaired) electrons. The molecule has 0 amide bonds. The first-order chi connectivity index (χ1) is 9.63. The van der Waals surface area contributed by atoms with Gasteiger partial charge in [-0.3, -0.25) is 0 Å². The van der Waals surface area contributed by atoms with Crippen LogP contribution in [0.25, 0.3) is 0 Å². The standard InChI is InChI=1S/C18H22ClN/c1-14(2)10-15-6-8-16(9-7-15)12-20-13-17-4-3-5-18(19)11-17/h3-9,11,14,20H,10,12-13H2,1-2H3. The second-order valence-corrected chi connectivity index (χ2v) is 6.08. The maximum absolute atomic E-state index is 5.97. The third-order valence-electron chi connectivity index (χ3n) is 3.21. The zero-order valence-electron chi connectivity index (χ0n) is 12.2. The van der Waals surface area contributed by atoms with Crippen LogP contribution in [0.1, 0.15) is 30.5 Å². The van der Waals surface area contributed by atoms with E-state index in [1.807, 2.05) is 18.2 Å². The summed E-state index contributed by atoms with van der Waals surface area (Å²) in [5, 5.41) is 4.24. The van der Waals surface area contributed by atoms with E-state index in [2.05, 4.69) is 49.5 Å². The molecular formula is C18H22ClN. The first-order valence-electron chi connectivity index (χ1n) is 7.16. The highest BCUT2D eigenvalue weighted by Crippen LogP contribution is 2.12. The fourth-order valence-corrected chi connectivity index (χ4v) is 2.48. The van der Waals surface area contributed by atoms with Crippen LogP contribution >= 0.6 is 11.6 Å². The van der Waals surface area contributed by atoms with E-state index in [9.17, 15) is 0 Å². The molecule has 20 heavy (non-hydrogen) atoms. The molecule has 2 rings (SSSR count). The third-order valence-corrected chi connectivity index (χ3v) is 3.45. The van der Waals surface area contributed by atoms with Crippen molar-refractivity contribution in [3.63, 3.8) is 0 Å². The minimum atomic E-state index is 0.710. The van der Waals surface area contributed by atoms with Crippen molar-refractivity contribution in [3.05, 3.63) is 70.2 Å². The molecule has 0 aromatic heterocycles. The molecule has 2 aromatic carbocycles. The Balaban J connectivity index is 1.82. The summed E-state index contributed by atoms with van der Waals surface area (Å²) < 4.78 is 0. The van der Waals surface area contributed by atoms with Gasteiger partial charge in [-0.1, -0.05) is 61.8 Å². The molecule has 0 atom stereocenters. The van der Waals surface area contributed by atoms with Crippen molar-refractivity contribution < 1.29 is 0 Å². The Morgan fingerprint density at radius 1 is 0.900 bits per heavy atom. The summed E-state index contributed by atoms with van der Waals surface area (Å²) in [5.74, 6) is 0.710. The van der Waals surface area contributed by atoms with Crippen molar-refractivity contribution in [1.82, 2.24) is 5.32 Å². The number of benzene rings is 2. The highest BCUT2D eigenvalue weighted by Gasteiger charge is 1.99. The fraction of sp³-hybridized carbons (Fsp3) is 0.333. The van der Waals surface area contributed by atoms with Crippen LogP contribution in [-0.4, -0.2) is 0 Å². The predicted molar refractivity (Wildman–Crippen MR) is 87.0 cm³/mol. The number of halogens is 1. The number of hydrogen-bond donors (Lipinski definition) is 1. The topological polar surface area (TPSA) is 12.0 Å². The zero-order valence-corrected chi connectivity index (χ0v) is 13.0. The van der Waals surface area contributed by atoms with Crippen LogP contribution in [0.2, 0.25) is 5.02 Å². The molecule has 0 spiro atoms. The number of nitrogens with one attached hydrogen (secondary N) is 1. The smallest absolute Gasteiger partial charge is 0.0409 e. The second-order valence-electron chi connectivity index (χ2n) is 5.65. The quantitative estimate of drug-likeness (QED) is 0.802. The fourth-order valence-electron chi connectivity index (χ4n) is 2.26. The van der Waals surface area contributed by atoms with E-state index in [4.69, 9.17) is 11.6 Å². The van der Waals surface area contributed by atoms with Crippen molar-refractivity contribution in [2.75, 3.05) is 0 Å². The molecule has 0 unspecified atom stereocenters. The average Bonchev–Trinajstić information content (AvgIpc) is 2.40. The van der Waals surface area contributed by atoms with Gasteiger partial charge < -0.3 is 5.32 Å². The lowest BCUT2D eigenvalue weighted by atomic mass is 10.0. The second kappa shape index (κ2) is 7.47. The summed E-state index contributed by atoms with van der Waals surface area (Å²) in [4.78, 5) is 0. The lowest BCUT2D eigenvalue weighted by molar-refractivity contribution is 0.646. The normalized spacial score (nSPS) is 11.0. The molecule has 0 fully saturated rings. The summed E-state index contributed by atoms with van der Waals surface area (Å²) in [6.45, 7) is 6.23. The van der Waals surface area contributed by atoms with E-state index in [-0.39, 0.29) is 0 Å². The molecule has 2 aromatic rings. The van der Waals surface area contributed by atoms with Crippen LogP contribution in [0, 0.1) is 5.92 Å². The first kappa shape index (κ1) is 15.1. The maximum atomic E-state index is 5.97. The van der Waals surface area contributed by atoms with E-state index < -0.39 is 0 Å². The summed E-state index contributed by atoms with van der Waals surface area (Å²) in [6.07, 6.45) is 1.15. The van der Waals surface area contributed by atoms with Gasteiger partial charge in [-0.15, -0.1) is 0 Å². The van der Waals surface area contributed by atoms with Crippen LogP contribution in [0.15, 0.2) is 48.5 Å². The summed E-state index contributed by atoms with van der Waals surface area (Å²) in [6, 6.07) is 16.9. The van der Waals surface area contributed by atoms with Gasteiger partial charge >= 0.3 is 0 Å². The van der Waals surface area contributed by atoms with Crippen molar-refractivity contribution in [3.8, 4) is 0 Å². The summed E-state index contributed by atoms with van der Waals surface area (Å²) in [7, 11) is 0. The Morgan fingerprint density at radius 2 is 1.55 bits per heavy atom. The first-order valence-corrected chi connectivity index (χ1v) is 7.54. The van der Waals surface area contributed by atoms with Gasteiger partial charge in [0, 0.05) is 18.1 Å². The molecule has 2 heteroatoms. The minimum absolute atomic E-state index is 0.710. The van der Waals surface area contributed by atoms with E-state index in [1.54, 1.807) is 0 Å². The average molecular weight is 288 g/mol. The van der Waals surface area contributed by atoms with Crippen molar-refractivity contribution >= 4 is 11.6 Å². The predicted octanol–water partition coefficient (Wildman–Crippen LogP) is 4.83. The van der Waals surface area contributed by atoms with Gasteiger partial charge in [0.1, 0.15) is 0 Å². The molecule has 1 N–H and O–H groups in total. The van der Waals surface area contributed by atoms with E-state index in [0.29, 0.717) is 5.92 Å². The van der Waals surface area contributed by atoms with Gasteiger partial charge in [0.15, 0.2) is 0 Å². The Bertz CT molecular complexity index is 531. The molecular weight excluding hydrogens is 266 g/mol. The molecule has 0 bridgehead atoms. The molecule has 0 saturated heterocycles. The monoisotopic (exact) mass is 287 g/mol. The zero-order chi connectivity index (χ0) is 14.4. The Labute approximate surface area is 127 Å². The Kier molecular flexibility index (Phi) is 5.63. The van der Waals surface area contributed by atoms with Crippen molar-refractivity contribution in [2.24, 2.45) is 5.92 Å². The molecule has 0 aliphatic heterocycles. The van der Waals surface area contributed by atoms with Gasteiger partial charge in [-0.2, -0.15) is 0 Å². The highest BCUT2D eigenvalue weighted by atomic mass is 35.5. The van der Waals surface area contributed by atoms with E-state index in [1.165, 1.54) is 16.7 Å². The highest BCUT2D eigenvalue weighted by molar-refractivity contribution is 6.30. The van der Waals surface area contributed by atoms with Crippen LogP contribution < -0.4 is 5.32 Å². The van der Waals surface area contributed by atoms with Crippen LogP contribution in [0.3, 0.4) is 0 Å². The lowest BCUT2D eigenvalue weighted by Crippen LogP contribution is -2.12. The van der Waals surface area contributed by atoms with Gasteiger partial charge in [-0.25, -0.2) is 0 Å². The van der Waals surface area contributed by atoms with Crippen molar-refractivity contribution in [2.45, 2.75) is 33.4 Å². The van der Waals surface area contributed by atoms with Crippen molar-refractivity contribution in [1.29, 1.82) is 0 Å². The van der Waals surface area contributed by atoms with Crippen LogP contribution in [0.4, 0.5) is 0 Å². The Hall–Kier alpha value is -1.31. The molecule has 1 nitrogen and oxygen atoms in total. The van der Waals surface area contributed by atoms with Gasteiger partial charge in [-0.05, 0) is 41.2 Å². The number of hydrogen-bond acceptors (Lipinski definition) is 1. The van der Waals surface area contributed by atoms with Crippen LogP contribution in [-0.2, 0) is 19.5 Å². The SMILES string of the molecule is CC(C)Cc1ccc(CNCc2cccc(Cl)c2)cc1. The Morgan fingerprint density at radius 3 is 2.20 bits per heavy atom. The summed E-state index contributed by atoms with van der Waals surface area (Å²) in [5.41, 5.74) is 3.95. The largest absolute Gasteiger partial charge is 0.309 e. The van der Waals surface area contributed by atoms with E-state index in [0.717, 1.165) is 24.5 Å². The minimum Gasteiger partial charge on any atom is -0.309 e. The van der Waals surface area contributed by atoms with Crippen LogP contribution in [0.5, 0.6) is 0 Å². The molecule has 0 heterocycles. The molecule has 0 aliphatic carbocycles. The maximum Gasteiger partial charge on any atom is 0.0409 e. The van der Waals surface area contributed by atoms with Gasteiger partial charge in [0.2, 0.25) is 0 Å². The number of rotatable bonds is 6. The molecule has 0 saturated carbocycles. The summed E-state index contributed by atoms with van der Waals surface area (Å²) >= 11 is 5.97. The molecule has 106 valence electrons. The third kappa shape index (κ3) is 4.99. The van der Waals surface area contributed by atoms with E-state index >= 15 is 0 Å². The lowest BCUT2D eigenvalue weighted by Gasteiger charge is -2.08. The van der Waals surface area contributed by atoms with Gasteiger partial charge in [0.25, 0.3) is 0 Å².